The van der Waals surface area contributed by atoms with Gasteiger partial charge in [-0.25, -0.2) is 9.97 Å². The number of benzene rings is 7. The molecule has 4 aromatic heterocycles. The molecular formula is C44H28N6. The van der Waals surface area contributed by atoms with Crippen molar-refractivity contribution in [3.63, 3.8) is 0 Å². The molecule has 4 heterocycles. The summed E-state index contributed by atoms with van der Waals surface area (Å²) in [5.41, 5.74) is 15.2. The maximum Gasteiger partial charge on any atom is 0.220 e. The summed E-state index contributed by atoms with van der Waals surface area (Å²) in [5.74, 6) is 1.75. The van der Waals surface area contributed by atoms with Crippen LogP contribution in [0.3, 0.4) is 0 Å². The van der Waals surface area contributed by atoms with Gasteiger partial charge in [-0.2, -0.15) is 0 Å². The third-order valence-corrected chi connectivity index (χ3v) is 9.98. The summed E-state index contributed by atoms with van der Waals surface area (Å²) in [7, 11) is 0. The molecule has 0 aliphatic heterocycles. The molecule has 0 fully saturated rings. The minimum absolute atomic E-state index is 0.873. The van der Waals surface area contributed by atoms with Crippen LogP contribution in [0.25, 0.3) is 89.3 Å². The van der Waals surface area contributed by atoms with Gasteiger partial charge in [-0.3, -0.25) is 17.9 Å². The topological polar surface area (TPSA) is 44.5 Å². The van der Waals surface area contributed by atoms with Gasteiger partial charge in [-0.1, -0.05) is 121 Å². The van der Waals surface area contributed by atoms with Gasteiger partial charge in [0.05, 0.1) is 55.5 Å². The molecule has 0 unspecified atom stereocenters. The van der Waals surface area contributed by atoms with Crippen LogP contribution in [0.15, 0.2) is 170 Å². The number of imidazole rings is 4. The van der Waals surface area contributed by atoms with E-state index in [9.17, 15) is 0 Å². The lowest BCUT2D eigenvalue weighted by Gasteiger charge is -2.12. The Hall–Kier alpha value is -6.92. The Morgan fingerprint density at radius 1 is 0.320 bits per heavy atom. The Kier molecular flexibility index (Phi) is 5.57. The molecule has 50 heavy (non-hydrogen) atoms. The minimum Gasteiger partial charge on any atom is -0.278 e. The van der Waals surface area contributed by atoms with Crippen LogP contribution < -0.4 is 0 Å². The normalized spacial score (nSPS) is 12.0. The van der Waals surface area contributed by atoms with Gasteiger partial charge in [0.15, 0.2) is 0 Å². The second-order valence-corrected chi connectivity index (χ2v) is 12.7. The number of fused-ring (bicyclic) bond motifs is 10. The molecule has 0 aliphatic carbocycles. The molecule has 11 rings (SSSR count). The molecule has 11 aromatic rings. The first-order valence-corrected chi connectivity index (χ1v) is 16.9. The highest BCUT2D eigenvalue weighted by Gasteiger charge is 2.23. The molecule has 234 valence electrons. The van der Waals surface area contributed by atoms with Crippen LogP contribution >= 0.6 is 0 Å². The van der Waals surface area contributed by atoms with Crippen molar-refractivity contribution < 1.29 is 0 Å². The van der Waals surface area contributed by atoms with Gasteiger partial charge in [-0.05, 0) is 59.7 Å². The third-order valence-electron chi connectivity index (χ3n) is 9.98. The van der Waals surface area contributed by atoms with Crippen molar-refractivity contribution >= 4 is 55.7 Å². The average Bonchev–Trinajstić information content (AvgIpc) is 3.90. The van der Waals surface area contributed by atoms with E-state index in [1.165, 1.54) is 11.1 Å². The van der Waals surface area contributed by atoms with Crippen molar-refractivity contribution in [2.75, 3.05) is 0 Å². The monoisotopic (exact) mass is 640 g/mol. The summed E-state index contributed by atoms with van der Waals surface area (Å²) in [6.45, 7) is 0. The van der Waals surface area contributed by atoms with Crippen molar-refractivity contribution in [1.82, 2.24) is 27.9 Å². The Balaban J connectivity index is 1.22. The summed E-state index contributed by atoms with van der Waals surface area (Å²) in [6, 6.07) is 59.9. The second-order valence-electron chi connectivity index (χ2n) is 12.7. The van der Waals surface area contributed by atoms with Gasteiger partial charge in [0.1, 0.15) is 0 Å². The average molecular weight is 641 g/mol. The molecule has 0 radical (unpaired) electrons. The second kappa shape index (κ2) is 10.3. The molecule has 6 heteroatoms. The lowest BCUT2D eigenvalue weighted by Crippen LogP contribution is -1.98. The number of nitrogens with zero attached hydrogens (tertiary/aromatic N) is 6. The van der Waals surface area contributed by atoms with Crippen LogP contribution in [0.4, 0.5) is 0 Å². The predicted octanol–water partition coefficient (Wildman–Crippen LogP) is 10.5. The number of hydrogen-bond donors (Lipinski definition) is 0. The van der Waals surface area contributed by atoms with Crippen molar-refractivity contribution in [3.8, 4) is 33.6 Å². The lowest BCUT2D eigenvalue weighted by molar-refractivity contribution is 1.11. The Bertz CT molecular complexity index is 2880. The van der Waals surface area contributed by atoms with Gasteiger partial charge < -0.3 is 0 Å². The van der Waals surface area contributed by atoms with Gasteiger partial charge in [0.2, 0.25) is 11.6 Å². The van der Waals surface area contributed by atoms with E-state index in [2.05, 4.69) is 188 Å². The molecule has 0 atom stereocenters. The van der Waals surface area contributed by atoms with E-state index in [1.807, 2.05) is 0 Å². The Morgan fingerprint density at radius 2 is 0.700 bits per heavy atom. The first-order valence-electron chi connectivity index (χ1n) is 16.9. The third kappa shape index (κ3) is 3.73. The first-order chi connectivity index (χ1) is 24.8. The smallest absolute Gasteiger partial charge is 0.220 e. The van der Waals surface area contributed by atoms with Crippen LogP contribution in [-0.2, 0) is 0 Å². The highest BCUT2D eigenvalue weighted by Crippen LogP contribution is 2.38. The lowest BCUT2D eigenvalue weighted by atomic mass is 10.0. The van der Waals surface area contributed by atoms with Gasteiger partial charge >= 0.3 is 0 Å². The molecule has 6 nitrogen and oxygen atoms in total. The summed E-state index contributed by atoms with van der Waals surface area (Å²) in [6.07, 6.45) is 0. The van der Waals surface area contributed by atoms with Crippen LogP contribution in [0.5, 0.6) is 0 Å². The van der Waals surface area contributed by atoms with E-state index in [-0.39, 0.29) is 0 Å². The summed E-state index contributed by atoms with van der Waals surface area (Å²) < 4.78 is 9.19. The fourth-order valence-corrected chi connectivity index (χ4v) is 7.83. The molecule has 7 aromatic carbocycles. The molecule has 0 saturated carbocycles. The summed E-state index contributed by atoms with van der Waals surface area (Å²) >= 11 is 0. The van der Waals surface area contributed by atoms with Gasteiger partial charge in [-0.15, -0.1) is 0 Å². The van der Waals surface area contributed by atoms with Gasteiger partial charge in [0.25, 0.3) is 0 Å². The van der Waals surface area contributed by atoms with E-state index in [0.29, 0.717) is 0 Å². The number of para-hydroxylation sites is 6. The molecular weight excluding hydrogens is 613 g/mol. The zero-order valence-corrected chi connectivity index (χ0v) is 26.8. The van der Waals surface area contributed by atoms with E-state index in [1.54, 1.807) is 0 Å². The zero-order valence-electron chi connectivity index (χ0n) is 26.8. The SMILES string of the molecule is c1ccc(-c2ccccc2-n2c3ccccc3n3c4cc5c(cc4nc23)nc2n(-c3ccccc3-c3ccccc3)c3ccccc3n52)cc1. The van der Waals surface area contributed by atoms with E-state index >= 15 is 0 Å². The van der Waals surface area contributed by atoms with Crippen LogP contribution in [-0.4, -0.2) is 27.9 Å². The molecule has 0 spiro atoms. The first kappa shape index (κ1) is 27.1. The number of hydrogen-bond acceptors (Lipinski definition) is 2. The van der Waals surface area contributed by atoms with E-state index in [0.717, 1.165) is 78.2 Å². The maximum absolute atomic E-state index is 5.33. The van der Waals surface area contributed by atoms with Gasteiger partial charge in [0, 0.05) is 11.1 Å². The Morgan fingerprint density at radius 3 is 1.16 bits per heavy atom. The van der Waals surface area contributed by atoms with Crippen LogP contribution in [0, 0.1) is 0 Å². The molecule has 0 saturated heterocycles. The fourth-order valence-electron chi connectivity index (χ4n) is 7.83. The fraction of sp³-hybridized carbons (Fsp3) is 0. The van der Waals surface area contributed by atoms with Crippen LogP contribution in [0.2, 0.25) is 0 Å². The van der Waals surface area contributed by atoms with Crippen LogP contribution in [0.1, 0.15) is 0 Å². The predicted molar refractivity (Wildman–Crippen MR) is 203 cm³/mol. The highest BCUT2D eigenvalue weighted by molar-refractivity contribution is 6.02. The molecule has 0 amide bonds. The molecule has 0 aliphatic rings. The van der Waals surface area contributed by atoms with Crippen molar-refractivity contribution in [1.29, 1.82) is 0 Å². The Labute approximate surface area is 286 Å². The summed E-state index contributed by atoms with van der Waals surface area (Å²) in [5, 5.41) is 0. The van der Waals surface area contributed by atoms with Crippen molar-refractivity contribution in [3.05, 3.63) is 170 Å². The number of aromatic nitrogens is 6. The van der Waals surface area contributed by atoms with E-state index in [4.69, 9.17) is 9.97 Å². The quantitative estimate of drug-likeness (QED) is 0.192. The van der Waals surface area contributed by atoms with E-state index < -0.39 is 0 Å². The molecule has 0 bridgehead atoms. The minimum atomic E-state index is 0.873. The number of rotatable bonds is 4. The van der Waals surface area contributed by atoms with Crippen molar-refractivity contribution in [2.45, 2.75) is 0 Å². The zero-order chi connectivity index (χ0) is 32.8. The molecule has 0 N–H and O–H groups in total. The standard InChI is InChI=1S/C44H28N6/c1-3-15-29(16-4-1)31-19-7-9-21-35(31)47-37-23-11-13-25-39(37)49-41-28-42-34(27-33(41)45-43(47)49)46-44-48(38-24-12-14-26-40(38)50(42)44)36-22-10-8-20-32(36)30-17-5-2-6-18-30/h1-28H. The largest absolute Gasteiger partial charge is 0.278 e. The highest BCUT2D eigenvalue weighted by atomic mass is 15.2. The maximum atomic E-state index is 5.33. The van der Waals surface area contributed by atoms with Crippen molar-refractivity contribution in [2.24, 2.45) is 0 Å². The summed E-state index contributed by atoms with van der Waals surface area (Å²) in [4.78, 5) is 10.7.